The zero-order valence-electron chi connectivity index (χ0n) is 9.11. The molecule has 1 aliphatic rings. The third-order valence-electron chi connectivity index (χ3n) is 2.67. The van der Waals surface area contributed by atoms with Gasteiger partial charge in [-0.3, -0.25) is 0 Å². The van der Waals surface area contributed by atoms with Crippen LogP contribution in [0.2, 0.25) is 0 Å². The Labute approximate surface area is 91.6 Å². The van der Waals surface area contributed by atoms with Crippen molar-refractivity contribution in [1.82, 2.24) is 0 Å². The number of benzene rings is 1. The van der Waals surface area contributed by atoms with Gasteiger partial charge in [0.2, 0.25) is 0 Å². The fourth-order valence-electron chi connectivity index (χ4n) is 1.81. The van der Waals surface area contributed by atoms with Gasteiger partial charge in [-0.15, -0.1) is 0 Å². The Bertz CT molecular complexity index is 391. The third kappa shape index (κ3) is 2.69. The minimum absolute atomic E-state index is 1.05. The first kappa shape index (κ1) is 9.97. The molecule has 15 heavy (non-hydrogen) atoms. The second-order valence-corrected chi connectivity index (χ2v) is 3.94. The smallest absolute Gasteiger partial charge is 0.00609 e. The maximum Gasteiger partial charge on any atom is -0.00609 e. The van der Waals surface area contributed by atoms with Crippen LogP contribution in [-0.4, -0.2) is 0 Å². The van der Waals surface area contributed by atoms with Gasteiger partial charge in [-0.2, -0.15) is 0 Å². The molecule has 0 aliphatic heterocycles. The lowest BCUT2D eigenvalue weighted by Gasteiger charge is -2.07. The number of hydrogen-bond donors (Lipinski definition) is 0. The van der Waals surface area contributed by atoms with Gasteiger partial charge in [0.25, 0.3) is 0 Å². The largest absolute Gasteiger partial charge is 0.0801 e. The van der Waals surface area contributed by atoms with Gasteiger partial charge >= 0.3 is 0 Å². The molecule has 0 spiro atoms. The number of allylic oxidation sites excluding steroid dienone is 6. The van der Waals surface area contributed by atoms with Crippen molar-refractivity contribution in [2.45, 2.75) is 19.8 Å². The van der Waals surface area contributed by atoms with Gasteiger partial charge in [-0.25, -0.2) is 0 Å². The molecule has 0 bridgehead atoms. The Balaban J connectivity index is 2.15. The topological polar surface area (TPSA) is 0 Å². The minimum Gasteiger partial charge on any atom is -0.0801 e. The van der Waals surface area contributed by atoms with E-state index in [2.05, 4.69) is 61.6 Å². The normalized spacial score (nSPS) is 14.3. The lowest BCUT2D eigenvalue weighted by atomic mass is 9.98. The van der Waals surface area contributed by atoms with Crippen LogP contribution in [0.5, 0.6) is 0 Å². The zero-order valence-corrected chi connectivity index (χ0v) is 9.11. The number of hydrogen-bond acceptors (Lipinski definition) is 0. The maximum absolute atomic E-state index is 2.22. The van der Waals surface area contributed by atoms with E-state index in [0.717, 1.165) is 12.8 Å². The highest BCUT2D eigenvalue weighted by molar-refractivity contribution is 5.39. The van der Waals surface area contributed by atoms with Gasteiger partial charge in [0, 0.05) is 0 Å². The van der Waals surface area contributed by atoms with Gasteiger partial charge in [-0.1, -0.05) is 60.2 Å². The van der Waals surface area contributed by atoms with Crippen LogP contribution in [-0.2, 0) is 6.42 Å². The summed E-state index contributed by atoms with van der Waals surface area (Å²) in [6.45, 7) is 2.21. The van der Waals surface area contributed by atoms with Crippen molar-refractivity contribution < 1.29 is 0 Å². The van der Waals surface area contributed by atoms with Gasteiger partial charge in [0.15, 0.2) is 0 Å². The number of rotatable bonds is 2. The summed E-state index contributed by atoms with van der Waals surface area (Å²) in [6.07, 6.45) is 11.0. The first-order chi connectivity index (χ1) is 7.36. The third-order valence-corrected chi connectivity index (χ3v) is 2.67. The van der Waals surface area contributed by atoms with E-state index in [-0.39, 0.29) is 0 Å². The second-order valence-electron chi connectivity index (χ2n) is 3.94. The molecule has 0 atom stereocenters. The average Bonchev–Trinajstić information content (AvgIpc) is 2.31. The Morgan fingerprint density at radius 1 is 1.07 bits per heavy atom. The molecule has 76 valence electrons. The molecule has 0 heterocycles. The zero-order chi connectivity index (χ0) is 10.5. The van der Waals surface area contributed by atoms with Crippen LogP contribution in [0.1, 0.15) is 18.9 Å². The van der Waals surface area contributed by atoms with Gasteiger partial charge < -0.3 is 0 Å². The van der Waals surface area contributed by atoms with E-state index in [0.29, 0.717) is 0 Å². The van der Waals surface area contributed by atoms with Gasteiger partial charge in [-0.05, 0) is 30.9 Å². The maximum atomic E-state index is 2.22. The van der Waals surface area contributed by atoms with E-state index in [1.807, 2.05) is 0 Å². The standard InChI is InChI=1S/C15H16/c1-13(15-10-6-3-7-11-15)12-14-8-4-2-5-9-14/h2,4-11H,3,12H2,1H3. The van der Waals surface area contributed by atoms with Crippen molar-refractivity contribution in [3.05, 3.63) is 71.3 Å². The van der Waals surface area contributed by atoms with Crippen molar-refractivity contribution in [3.8, 4) is 0 Å². The van der Waals surface area contributed by atoms with E-state index in [4.69, 9.17) is 0 Å². The molecule has 1 aromatic carbocycles. The Morgan fingerprint density at radius 3 is 2.40 bits per heavy atom. The quantitative estimate of drug-likeness (QED) is 0.669. The first-order valence-electron chi connectivity index (χ1n) is 5.43. The van der Waals surface area contributed by atoms with Crippen LogP contribution in [0.4, 0.5) is 0 Å². The molecule has 0 amide bonds. The molecular weight excluding hydrogens is 180 g/mol. The predicted octanol–water partition coefficient (Wildman–Crippen LogP) is 4.06. The lowest BCUT2D eigenvalue weighted by molar-refractivity contribution is 1.12. The van der Waals surface area contributed by atoms with Crippen LogP contribution >= 0.6 is 0 Å². The summed E-state index contributed by atoms with van der Waals surface area (Å²) < 4.78 is 0. The second kappa shape index (κ2) is 4.79. The van der Waals surface area contributed by atoms with Crippen LogP contribution in [0.3, 0.4) is 0 Å². The predicted molar refractivity (Wildman–Crippen MR) is 65.7 cm³/mol. The van der Waals surface area contributed by atoms with E-state index in [1.165, 1.54) is 16.7 Å². The summed E-state index contributed by atoms with van der Waals surface area (Å²) in [5, 5.41) is 0. The molecular formula is C15H16. The van der Waals surface area contributed by atoms with E-state index >= 15 is 0 Å². The Morgan fingerprint density at radius 2 is 1.73 bits per heavy atom. The summed E-state index contributed by atoms with van der Waals surface area (Å²) in [5.74, 6) is 0. The SMILES string of the molecule is CC(Cc1ccccc1)=C1C=CCC=C1. The molecule has 0 saturated heterocycles. The fraction of sp³-hybridized carbons (Fsp3) is 0.200. The van der Waals surface area contributed by atoms with Gasteiger partial charge in [0.05, 0.1) is 0 Å². The van der Waals surface area contributed by atoms with E-state index in [9.17, 15) is 0 Å². The highest BCUT2D eigenvalue weighted by Gasteiger charge is 1.99. The summed E-state index contributed by atoms with van der Waals surface area (Å²) >= 11 is 0. The fourth-order valence-corrected chi connectivity index (χ4v) is 1.81. The van der Waals surface area contributed by atoms with Crippen molar-refractivity contribution >= 4 is 0 Å². The summed E-state index contributed by atoms with van der Waals surface area (Å²) in [4.78, 5) is 0. The monoisotopic (exact) mass is 196 g/mol. The van der Waals surface area contributed by atoms with Crippen LogP contribution < -0.4 is 0 Å². The summed E-state index contributed by atoms with van der Waals surface area (Å²) in [6, 6.07) is 10.6. The molecule has 0 heteroatoms. The summed E-state index contributed by atoms with van der Waals surface area (Å²) in [7, 11) is 0. The highest BCUT2D eigenvalue weighted by Crippen LogP contribution is 2.16. The van der Waals surface area contributed by atoms with Crippen LogP contribution in [0, 0.1) is 0 Å². The molecule has 1 aliphatic carbocycles. The summed E-state index contributed by atoms with van der Waals surface area (Å²) in [5.41, 5.74) is 4.19. The van der Waals surface area contributed by atoms with Crippen LogP contribution in [0.15, 0.2) is 65.8 Å². The molecule has 2 rings (SSSR count). The van der Waals surface area contributed by atoms with Crippen molar-refractivity contribution in [3.63, 3.8) is 0 Å². The Kier molecular flexibility index (Phi) is 3.18. The first-order valence-corrected chi connectivity index (χ1v) is 5.43. The minimum atomic E-state index is 1.05. The molecule has 0 N–H and O–H groups in total. The molecule has 0 fully saturated rings. The molecule has 1 aromatic rings. The molecule has 0 aromatic heterocycles. The van der Waals surface area contributed by atoms with Crippen molar-refractivity contribution in [2.75, 3.05) is 0 Å². The van der Waals surface area contributed by atoms with Gasteiger partial charge in [0.1, 0.15) is 0 Å². The van der Waals surface area contributed by atoms with Crippen molar-refractivity contribution in [1.29, 1.82) is 0 Å². The van der Waals surface area contributed by atoms with Crippen LogP contribution in [0.25, 0.3) is 0 Å². The Hall–Kier alpha value is -1.56. The average molecular weight is 196 g/mol. The van der Waals surface area contributed by atoms with E-state index < -0.39 is 0 Å². The molecule has 0 saturated carbocycles. The van der Waals surface area contributed by atoms with E-state index in [1.54, 1.807) is 0 Å². The molecule has 0 radical (unpaired) electrons. The lowest BCUT2D eigenvalue weighted by Crippen LogP contribution is -1.91. The van der Waals surface area contributed by atoms with Crippen molar-refractivity contribution in [2.24, 2.45) is 0 Å². The molecule has 0 unspecified atom stereocenters. The molecule has 0 nitrogen and oxygen atoms in total. The highest BCUT2D eigenvalue weighted by atomic mass is 14.0.